The zero-order valence-corrected chi connectivity index (χ0v) is 25.5. The monoisotopic (exact) mass is 639 g/mol. The first-order valence-corrected chi connectivity index (χ1v) is 15.4. The van der Waals surface area contributed by atoms with Crippen LogP contribution in [0.4, 0.5) is 9.18 Å². The highest BCUT2D eigenvalue weighted by molar-refractivity contribution is 5.96. The number of nitrogens with one attached hydrogen (secondary N) is 2. The van der Waals surface area contributed by atoms with Crippen LogP contribution in [-0.2, 0) is 36.5 Å². The molecule has 0 saturated heterocycles. The van der Waals surface area contributed by atoms with Gasteiger partial charge in [0.1, 0.15) is 23.8 Å². The van der Waals surface area contributed by atoms with Gasteiger partial charge in [0, 0.05) is 6.54 Å². The van der Waals surface area contributed by atoms with Gasteiger partial charge >= 0.3 is 6.09 Å². The molecule has 11 nitrogen and oxygen atoms in total. The number of carbonyl (C=O) groups is 3. The standard InChI is InChI=1S/C35H34FN5O6/c36-27-13-11-23(12-14-27)19-28(42)38-39-31(43)29-30(47-22-26-9-5-2-6-10-26)32(44)40-20-25-15-17-35(18-16-25,33(40)37-29)41(34(45)46)21-24-7-3-1-4-8-24/h1-14,25H,15-22H2,(H,38,42)(H,39,43)(H,45,46). The third-order valence-corrected chi connectivity index (χ3v) is 8.88. The average molecular weight is 640 g/mol. The van der Waals surface area contributed by atoms with E-state index in [1.165, 1.54) is 33.7 Å². The minimum atomic E-state index is -1.19. The van der Waals surface area contributed by atoms with E-state index in [-0.39, 0.29) is 42.8 Å². The number of rotatable bonds is 9. The number of carboxylic acid groups (broad SMARTS) is 1. The van der Waals surface area contributed by atoms with Gasteiger partial charge in [0.2, 0.25) is 11.7 Å². The number of benzene rings is 3. The number of nitrogens with zero attached hydrogens (tertiary/aromatic N) is 3. The number of hydrogen-bond acceptors (Lipinski definition) is 6. The number of hydrazine groups is 1. The smallest absolute Gasteiger partial charge is 0.408 e. The first-order valence-electron chi connectivity index (χ1n) is 15.4. The third-order valence-electron chi connectivity index (χ3n) is 8.88. The number of carbonyl (C=O) groups excluding carboxylic acids is 2. The van der Waals surface area contributed by atoms with Crippen LogP contribution in [0.3, 0.4) is 0 Å². The van der Waals surface area contributed by atoms with Crippen molar-refractivity contribution in [2.24, 2.45) is 5.92 Å². The Labute approximate surface area is 270 Å². The van der Waals surface area contributed by atoms with Crippen molar-refractivity contribution in [1.82, 2.24) is 25.3 Å². The Morgan fingerprint density at radius 1 is 0.915 bits per heavy atom. The molecule has 47 heavy (non-hydrogen) atoms. The molecular formula is C35H34FN5O6. The number of aromatic nitrogens is 2. The van der Waals surface area contributed by atoms with Crippen LogP contribution in [0.1, 0.15) is 58.7 Å². The Morgan fingerprint density at radius 2 is 1.55 bits per heavy atom. The van der Waals surface area contributed by atoms with Crippen LogP contribution in [0.15, 0.2) is 89.7 Å². The Hall–Kier alpha value is -5.52. The van der Waals surface area contributed by atoms with E-state index in [2.05, 4.69) is 10.9 Å². The van der Waals surface area contributed by atoms with E-state index < -0.39 is 34.8 Å². The van der Waals surface area contributed by atoms with Gasteiger partial charge in [-0.25, -0.2) is 14.2 Å². The van der Waals surface area contributed by atoms with Crippen molar-refractivity contribution in [3.8, 4) is 5.75 Å². The molecule has 1 saturated carbocycles. The molecule has 2 bridgehead atoms. The van der Waals surface area contributed by atoms with E-state index in [9.17, 15) is 28.7 Å². The molecule has 0 unspecified atom stereocenters. The van der Waals surface area contributed by atoms with Gasteiger partial charge < -0.3 is 9.84 Å². The van der Waals surface area contributed by atoms with E-state index in [0.717, 1.165) is 11.1 Å². The maximum Gasteiger partial charge on any atom is 0.408 e. The molecule has 3 aliphatic rings. The van der Waals surface area contributed by atoms with Gasteiger partial charge in [-0.15, -0.1) is 0 Å². The van der Waals surface area contributed by atoms with E-state index in [4.69, 9.17) is 9.72 Å². The second-order valence-electron chi connectivity index (χ2n) is 11.9. The molecule has 1 aliphatic carbocycles. The minimum absolute atomic E-state index is 0.0296. The number of fused-ring (bicyclic) bond motifs is 2. The van der Waals surface area contributed by atoms with E-state index in [1.54, 1.807) is 0 Å². The van der Waals surface area contributed by atoms with Gasteiger partial charge in [-0.1, -0.05) is 72.8 Å². The number of halogens is 1. The average Bonchev–Trinajstić information content (AvgIpc) is 3.34. The predicted octanol–water partition coefficient (Wildman–Crippen LogP) is 4.54. The van der Waals surface area contributed by atoms with E-state index in [0.29, 0.717) is 37.8 Å². The fraction of sp³-hybridized carbons (Fsp3) is 0.286. The second kappa shape index (κ2) is 13.5. The Morgan fingerprint density at radius 3 is 2.19 bits per heavy atom. The highest BCUT2D eigenvalue weighted by Gasteiger charge is 2.50. The number of ether oxygens (including phenoxy) is 1. The topological polar surface area (TPSA) is 143 Å². The lowest BCUT2D eigenvalue weighted by Gasteiger charge is -2.44. The van der Waals surface area contributed by atoms with Crippen LogP contribution in [-0.4, -0.2) is 37.5 Å². The lowest BCUT2D eigenvalue weighted by Crippen LogP contribution is -2.52. The molecule has 12 heteroatoms. The molecule has 3 N–H and O–H groups in total. The number of amides is 3. The summed E-state index contributed by atoms with van der Waals surface area (Å²) in [5.74, 6) is -1.94. The summed E-state index contributed by atoms with van der Waals surface area (Å²) in [4.78, 5) is 59.6. The molecule has 0 atom stereocenters. The lowest BCUT2D eigenvalue weighted by molar-refractivity contribution is -0.121. The zero-order chi connectivity index (χ0) is 33.0. The van der Waals surface area contributed by atoms with Crippen molar-refractivity contribution >= 4 is 17.9 Å². The van der Waals surface area contributed by atoms with Crippen molar-refractivity contribution < 1.29 is 28.6 Å². The molecule has 3 amide bonds. The van der Waals surface area contributed by atoms with Crippen molar-refractivity contribution in [2.45, 2.75) is 57.3 Å². The van der Waals surface area contributed by atoms with Crippen LogP contribution in [0, 0.1) is 11.7 Å². The van der Waals surface area contributed by atoms with Crippen LogP contribution in [0.2, 0.25) is 0 Å². The summed E-state index contributed by atoms with van der Waals surface area (Å²) in [6.45, 7) is 0.335. The van der Waals surface area contributed by atoms with Crippen molar-refractivity contribution in [2.75, 3.05) is 0 Å². The van der Waals surface area contributed by atoms with Crippen molar-refractivity contribution in [3.05, 3.63) is 129 Å². The summed E-state index contributed by atoms with van der Waals surface area (Å²) in [6, 6.07) is 23.7. The summed E-state index contributed by atoms with van der Waals surface area (Å²) in [7, 11) is 0. The summed E-state index contributed by atoms with van der Waals surface area (Å²) < 4.78 is 20.8. The molecule has 1 fully saturated rings. The Bertz CT molecular complexity index is 1820. The van der Waals surface area contributed by atoms with Gasteiger partial charge in [0.05, 0.1) is 13.0 Å². The fourth-order valence-electron chi connectivity index (χ4n) is 6.47. The highest BCUT2D eigenvalue weighted by atomic mass is 19.1. The molecule has 1 aromatic heterocycles. The normalized spacial score (nSPS) is 18.0. The molecule has 0 spiro atoms. The van der Waals surface area contributed by atoms with Gasteiger partial charge in [-0.3, -0.25) is 34.7 Å². The predicted molar refractivity (Wildman–Crippen MR) is 169 cm³/mol. The fourth-order valence-corrected chi connectivity index (χ4v) is 6.47. The van der Waals surface area contributed by atoms with E-state index >= 15 is 0 Å². The molecule has 4 aromatic rings. The Balaban J connectivity index is 1.38. The summed E-state index contributed by atoms with van der Waals surface area (Å²) in [6.07, 6.45) is 0.866. The first kappa shape index (κ1) is 31.5. The SMILES string of the molecule is O=C(Cc1ccc(F)cc1)NNC(=O)c1nc2n(c(=O)c1OCc1ccccc1)CC1CCC2(N(Cc2ccccc2)C(=O)O)CC1. The number of hydrogen-bond donors (Lipinski definition) is 3. The summed E-state index contributed by atoms with van der Waals surface area (Å²) in [5.41, 5.74) is 4.56. The quantitative estimate of drug-likeness (QED) is 0.228. The van der Waals surface area contributed by atoms with Gasteiger partial charge in [-0.05, 0) is 60.4 Å². The van der Waals surface area contributed by atoms with Crippen LogP contribution in [0.5, 0.6) is 5.75 Å². The van der Waals surface area contributed by atoms with Crippen molar-refractivity contribution in [1.29, 1.82) is 0 Å². The van der Waals surface area contributed by atoms with Crippen LogP contribution >= 0.6 is 0 Å². The molecule has 3 heterocycles. The Kier molecular flexibility index (Phi) is 9.01. The van der Waals surface area contributed by atoms with Gasteiger partial charge in [0.15, 0.2) is 5.69 Å². The summed E-state index contributed by atoms with van der Waals surface area (Å²) in [5, 5.41) is 10.6. The largest absolute Gasteiger partial charge is 0.481 e. The zero-order valence-electron chi connectivity index (χ0n) is 25.5. The minimum Gasteiger partial charge on any atom is -0.481 e. The third kappa shape index (κ3) is 6.71. The molecule has 7 rings (SSSR count). The molecule has 3 aromatic carbocycles. The molecule has 2 aliphatic heterocycles. The summed E-state index contributed by atoms with van der Waals surface area (Å²) >= 11 is 0. The lowest BCUT2D eigenvalue weighted by atomic mass is 9.76. The van der Waals surface area contributed by atoms with E-state index in [1.807, 2.05) is 60.7 Å². The van der Waals surface area contributed by atoms with Gasteiger partial charge in [-0.2, -0.15) is 0 Å². The highest BCUT2D eigenvalue weighted by Crippen LogP contribution is 2.47. The molecular weight excluding hydrogens is 605 g/mol. The molecule has 0 radical (unpaired) electrons. The van der Waals surface area contributed by atoms with Crippen LogP contribution < -0.4 is 21.1 Å². The maximum atomic E-state index is 14.3. The second-order valence-corrected chi connectivity index (χ2v) is 11.9. The van der Waals surface area contributed by atoms with Gasteiger partial charge in [0.25, 0.3) is 11.5 Å². The molecule has 242 valence electrons. The van der Waals surface area contributed by atoms with Crippen LogP contribution in [0.25, 0.3) is 0 Å². The maximum absolute atomic E-state index is 14.3. The first-order chi connectivity index (χ1) is 22.7. The van der Waals surface area contributed by atoms with Crippen molar-refractivity contribution in [3.63, 3.8) is 0 Å².